The Hall–Kier alpha value is -1.02. The number of para-hydroxylation sites is 1. The predicted molar refractivity (Wildman–Crippen MR) is 75.8 cm³/mol. The van der Waals surface area contributed by atoms with E-state index >= 15 is 0 Å². The van der Waals surface area contributed by atoms with Gasteiger partial charge in [-0.3, -0.25) is 0 Å². The van der Waals surface area contributed by atoms with Crippen LogP contribution in [0.1, 0.15) is 6.92 Å². The van der Waals surface area contributed by atoms with E-state index in [1.54, 1.807) is 4.31 Å². The number of rotatable bonds is 2. The number of thiazole rings is 1. The Kier molecular flexibility index (Phi) is 3.30. The molecule has 1 aliphatic rings. The van der Waals surface area contributed by atoms with Crippen LogP contribution < -0.4 is 5.32 Å². The van der Waals surface area contributed by atoms with E-state index in [9.17, 15) is 8.42 Å². The third-order valence-corrected chi connectivity index (χ3v) is 6.65. The van der Waals surface area contributed by atoms with Crippen molar-refractivity contribution < 1.29 is 8.42 Å². The van der Waals surface area contributed by atoms with Gasteiger partial charge in [-0.25, -0.2) is 13.4 Å². The van der Waals surface area contributed by atoms with Gasteiger partial charge in [0.2, 0.25) is 4.34 Å². The molecule has 3 rings (SSSR count). The summed E-state index contributed by atoms with van der Waals surface area (Å²) in [6, 6.07) is 7.46. The smallest absolute Gasteiger partial charge is 0.270 e. The van der Waals surface area contributed by atoms with E-state index in [-0.39, 0.29) is 10.4 Å². The number of hydrogen-bond acceptors (Lipinski definition) is 5. The lowest BCUT2D eigenvalue weighted by Crippen LogP contribution is -2.52. The molecule has 1 aliphatic heterocycles. The van der Waals surface area contributed by atoms with Crippen LogP contribution in [0.5, 0.6) is 0 Å². The molecule has 0 amide bonds. The number of piperazine rings is 1. The van der Waals surface area contributed by atoms with Crippen LogP contribution in [0.2, 0.25) is 0 Å². The van der Waals surface area contributed by atoms with Crippen LogP contribution in [0.25, 0.3) is 10.2 Å². The van der Waals surface area contributed by atoms with Gasteiger partial charge in [-0.1, -0.05) is 12.1 Å². The van der Waals surface area contributed by atoms with Crippen molar-refractivity contribution in [3.8, 4) is 0 Å². The first-order valence-corrected chi connectivity index (χ1v) is 8.43. The zero-order chi connectivity index (χ0) is 13.5. The Bertz CT molecular complexity index is 663. The molecule has 1 N–H and O–H groups in total. The largest absolute Gasteiger partial charge is 0.314 e. The van der Waals surface area contributed by atoms with Gasteiger partial charge < -0.3 is 5.32 Å². The van der Waals surface area contributed by atoms with E-state index in [1.807, 2.05) is 31.2 Å². The number of fused-ring (bicyclic) bond motifs is 1. The molecule has 1 aromatic carbocycles. The van der Waals surface area contributed by atoms with Gasteiger partial charge in [0.15, 0.2) is 0 Å². The average Bonchev–Trinajstić information content (AvgIpc) is 2.83. The van der Waals surface area contributed by atoms with Gasteiger partial charge in [0, 0.05) is 25.7 Å². The highest BCUT2D eigenvalue weighted by Crippen LogP contribution is 2.28. The molecule has 1 unspecified atom stereocenters. The molecular weight excluding hydrogens is 282 g/mol. The lowest BCUT2D eigenvalue weighted by atomic mass is 10.3. The van der Waals surface area contributed by atoms with Crippen LogP contribution in [0.4, 0.5) is 0 Å². The van der Waals surface area contributed by atoms with Crippen molar-refractivity contribution in [3.05, 3.63) is 24.3 Å². The third kappa shape index (κ3) is 2.27. The van der Waals surface area contributed by atoms with Gasteiger partial charge in [-0.05, 0) is 19.1 Å². The molecule has 0 radical (unpaired) electrons. The number of nitrogens with one attached hydrogen (secondary N) is 1. The van der Waals surface area contributed by atoms with Crippen molar-refractivity contribution in [2.24, 2.45) is 0 Å². The lowest BCUT2D eigenvalue weighted by Gasteiger charge is -2.31. The van der Waals surface area contributed by atoms with Crippen molar-refractivity contribution in [2.45, 2.75) is 17.3 Å². The minimum atomic E-state index is -3.47. The highest BCUT2D eigenvalue weighted by molar-refractivity contribution is 7.91. The van der Waals surface area contributed by atoms with Crippen LogP contribution in [-0.2, 0) is 10.0 Å². The molecule has 102 valence electrons. The highest BCUT2D eigenvalue weighted by Gasteiger charge is 2.33. The molecular formula is C12H15N3O2S2. The van der Waals surface area contributed by atoms with Crippen LogP contribution in [0.3, 0.4) is 0 Å². The monoisotopic (exact) mass is 297 g/mol. The summed E-state index contributed by atoms with van der Waals surface area (Å²) in [5, 5.41) is 3.19. The van der Waals surface area contributed by atoms with Crippen molar-refractivity contribution >= 4 is 31.6 Å². The summed E-state index contributed by atoms with van der Waals surface area (Å²) < 4.78 is 27.9. The van der Waals surface area contributed by atoms with Gasteiger partial charge in [0.1, 0.15) is 0 Å². The first-order chi connectivity index (χ1) is 9.09. The Morgan fingerprint density at radius 3 is 2.95 bits per heavy atom. The maximum Gasteiger partial charge on any atom is 0.270 e. The fourth-order valence-electron chi connectivity index (χ4n) is 2.24. The molecule has 0 spiro atoms. The second-order valence-corrected chi connectivity index (χ2v) is 7.71. The Morgan fingerprint density at radius 2 is 2.21 bits per heavy atom. The van der Waals surface area contributed by atoms with Gasteiger partial charge in [-0.2, -0.15) is 4.31 Å². The summed E-state index contributed by atoms with van der Waals surface area (Å²) in [6.45, 7) is 3.79. The molecule has 7 heteroatoms. The minimum Gasteiger partial charge on any atom is -0.314 e. The summed E-state index contributed by atoms with van der Waals surface area (Å²) >= 11 is 1.24. The summed E-state index contributed by atoms with van der Waals surface area (Å²) in [5.41, 5.74) is 0.744. The molecule has 0 aliphatic carbocycles. The van der Waals surface area contributed by atoms with Crippen molar-refractivity contribution in [3.63, 3.8) is 0 Å². The normalized spacial score (nSPS) is 21.8. The van der Waals surface area contributed by atoms with Crippen molar-refractivity contribution in [2.75, 3.05) is 19.6 Å². The van der Waals surface area contributed by atoms with Crippen LogP contribution in [0, 0.1) is 0 Å². The van der Waals surface area contributed by atoms with Crippen LogP contribution in [-0.4, -0.2) is 43.4 Å². The van der Waals surface area contributed by atoms with Gasteiger partial charge >= 0.3 is 0 Å². The number of hydrogen-bond donors (Lipinski definition) is 1. The summed E-state index contributed by atoms with van der Waals surface area (Å²) in [5.74, 6) is 0. The molecule has 1 fully saturated rings. The number of sulfonamides is 1. The van der Waals surface area contributed by atoms with E-state index in [2.05, 4.69) is 10.3 Å². The standard InChI is InChI=1S/C12H15N3O2S2/c1-9-8-13-6-7-15(9)19(16,17)12-14-10-4-2-3-5-11(10)18-12/h2-5,9,13H,6-8H2,1H3. The molecule has 19 heavy (non-hydrogen) atoms. The topological polar surface area (TPSA) is 62.3 Å². The van der Waals surface area contributed by atoms with Gasteiger partial charge in [0.25, 0.3) is 10.0 Å². The summed E-state index contributed by atoms with van der Waals surface area (Å²) in [6.07, 6.45) is 0. The second kappa shape index (κ2) is 4.82. The van der Waals surface area contributed by atoms with Gasteiger partial charge in [-0.15, -0.1) is 11.3 Å². The minimum absolute atomic E-state index is 0.0363. The Morgan fingerprint density at radius 1 is 1.42 bits per heavy atom. The quantitative estimate of drug-likeness (QED) is 0.907. The Balaban J connectivity index is 2.03. The summed E-state index contributed by atoms with van der Waals surface area (Å²) in [7, 11) is -3.47. The summed E-state index contributed by atoms with van der Waals surface area (Å²) in [4.78, 5) is 4.26. The second-order valence-electron chi connectivity index (χ2n) is 4.62. The molecule has 2 aromatic rings. The third-order valence-electron chi connectivity index (χ3n) is 3.24. The molecule has 0 bridgehead atoms. The zero-order valence-electron chi connectivity index (χ0n) is 10.5. The number of nitrogens with zero attached hydrogens (tertiary/aromatic N) is 2. The van der Waals surface area contributed by atoms with E-state index < -0.39 is 10.0 Å². The Labute approximate surface area is 116 Å². The maximum absolute atomic E-state index is 12.6. The first kappa shape index (κ1) is 13.0. The lowest BCUT2D eigenvalue weighted by molar-refractivity contribution is 0.284. The predicted octanol–water partition coefficient (Wildman–Crippen LogP) is 1.28. The molecule has 1 aromatic heterocycles. The molecule has 1 atom stereocenters. The van der Waals surface area contributed by atoms with E-state index in [0.29, 0.717) is 19.6 Å². The van der Waals surface area contributed by atoms with E-state index in [1.165, 1.54) is 11.3 Å². The first-order valence-electron chi connectivity index (χ1n) is 6.17. The molecule has 0 saturated carbocycles. The van der Waals surface area contributed by atoms with Crippen LogP contribution in [0.15, 0.2) is 28.6 Å². The average molecular weight is 297 g/mol. The van der Waals surface area contributed by atoms with Crippen molar-refractivity contribution in [1.29, 1.82) is 0 Å². The van der Waals surface area contributed by atoms with Crippen molar-refractivity contribution in [1.82, 2.24) is 14.6 Å². The number of benzene rings is 1. The molecule has 1 saturated heterocycles. The van der Waals surface area contributed by atoms with Gasteiger partial charge in [0.05, 0.1) is 10.2 Å². The number of aromatic nitrogens is 1. The molecule has 5 nitrogen and oxygen atoms in total. The highest BCUT2D eigenvalue weighted by atomic mass is 32.2. The fraction of sp³-hybridized carbons (Fsp3) is 0.417. The van der Waals surface area contributed by atoms with E-state index in [0.717, 1.165) is 10.2 Å². The van der Waals surface area contributed by atoms with E-state index in [4.69, 9.17) is 0 Å². The maximum atomic E-state index is 12.6. The van der Waals surface area contributed by atoms with Crippen LogP contribution >= 0.6 is 11.3 Å². The fourth-order valence-corrected chi connectivity index (χ4v) is 5.21. The molecule has 2 heterocycles. The zero-order valence-corrected chi connectivity index (χ0v) is 12.2. The SMILES string of the molecule is CC1CNCCN1S(=O)(=O)c1nc2ccccc2s1.